The number of rotatable bonds is 12. The highest BCUT2D eigenvalue weighted by Gasteiger charge is 2.20. The lowest BCUT2D eigenvalue weighted by molar-refractivity contribution is 0.123. The van der Waals surface area contributed by atoms with E-state index >= 15 is 0 Å². The first-order chi connectivity index (χ1) is 13.4. The zero-order valence-electron chi connectivity index (χ0n) is 17.2. The van der Waals surface area contributed by atoms with Crippen molar-refractivity contribution in [3.8, 4) is 0 Å². The molecule has 8 heteroatoms. The van der Waals surface area contributed by atoms with Crippen molar-refractivity contribution < 1.29 is 13.2 Å². The molecule has 0 heterocycles. The highest BCUT2D eigenvalue weighted by Crippen LogP contribution is 2.28. The lowest BCUT2D eigenvalue weighted by Gasteiger charge is -2.13. The number of hydrogen-bond acceptors (Lipinski definition) is 4. The Kier molecular flexibility index (Phi) is 9.21. The Morgan fingerprint density at radius 2 is 1.86 bits per heavy atom. The van der Waals surface area contributed by atoms with Gasteiger partial charge < -0.3 is 15.4 Å². The van der Waals surface area contributed by atoms with Crippen LogP contribution >= 0.6 is 0 Å². The Morgan fingerprint density at radius 1 is 1.18 bits per heavy atom. The number of ether oxygens (including phenoxy) is 1. The van der Waals surface area contributed by atoms with Crippen molar-refractivity contribution in [3.05, 3.63) is 35.4 Å². The maximum absolute atomic E-state index is 12.0. The summed E-state index contributed by atoms with van der Waals surface area (Å²) in [6.07, 6.45) is 3.59. The third-order valence-electron chi connectivity index (χ3n) is 4.29. The number of sulfonamides is 1. The summed E-state index contributed by atoms with van der Waals surface area (Å²) < 4.78 is 32.2. The van der Waals surface area contributed by atoms with Gasteiger partial charge in [-0.05, 0) is 50.2 Å². The summed E-state index contributed by atoms with van der Waals surface area (Å²) >= 11 is 0. The molecule has 1 aromatic rings. The van der Waals surface area contributed by atoms with Crippen LogP contribution in [0.2, 0.25) is 0 Å². The molecule has 1 aliphatic carbocycles. The molecule has 1 saturated carbocycles. The lowest BCUT2D eigenvalue weighted by atomic mass is 10.1. The molecule has 0 unspecified atom stereocenters. The SMILES string of the molecule is CN=C(NCCCOCC1CC1)NCc1ccc(CS(=O)(=O)NC(C)C)cc1. The second kappa shape index (κ2) is 11.4. The fraction of sp³-hybridized carbons (Fsp3) is 0.650. The minimum Gasteiger partial charge on any atom is -0.381 e. The van der Waals surface area contributed by atoms with E-state index in [0.29, 0.717) is 6.54 Å². The van der Waals surface area contributed by atoms with Crippen molar-refractivity contribution in [1.82, 2.24) is 15.4 Å². The molecule has 28 heavy (non-hydrogen) atoms. The lowest BCUT2D eigenvalue weighted by Crippen LogP contribution is -2.37. The smallest absolute Gasteiger partial charge is 0.216 e. The van der Waals surface area contributed by atoms with Gasteiger partial charge in [0.25, 0.3) is 0 Å². The third kappa shape index (κ3) is 9.52. The molecule has 0 spiro atoms. The molecule has 158 valence electrons. The summed E-state index contributed by atoms with van der Waals surface area (Å²) in [5, 5.41) is 6.54. The molecule has 3 N–H and O–H groups in total. The molecule has 0 atom stereocenters. The van der Waals surface area contributed by atoms with Gasteiger partial charge in [-0.25, -0.2) is 13.1 Å². The minimum atomic E-state index is -3.30. The van der Waals surface area contributed by atoms with Crippen molar-refractivity contribution in [2.45, 2.75) is 51.4 Å². The van der Waals surface area contributed by atoms with Crippen molar-refractivity contribution in [3.63, 3.8) is 0 Å². The summed E-state index contributed by atoms with van der Waals surface area (Å²) in [6, 6.07) is 7.48. The van der Waals surface area contributed by atoms with Crippen molar-refractivity contribution in [2.75, 3.05) is 26.8 Å². The number of aliphatic imine (C=N–C) groups is 1. The van der Waals surface area contributed by atoms with Crippen LogP contribution in [0, 0.1) is 5.92 Å². The Morgan fingerprint density at radius 3 is 2.46 bits per heavy atom. The predicted molar refractivity (Wildman–Crippen MR) is 114 cm³/mol. The molecule has 1 fully saturated rings. The van der Waals surface area contributed by atoms with E-state index in [1.165, 1.54) is 12.8 Å². The van der Waals surface area contributed by atoms with Crippen molar-refractivity contribution >= 4 is 16.0 Å². The number of nitrogens with one attached hydrogen (secondary N) is 3. The Labute approximate surface area is 169 Å². The van der Waals surface area contributed by atoms with Crippen LogP contribution in [-0.2, 0) is 27.1 Å². The van der Waals surface area contributed by atoms with E-state index in [2.05, 4.69) is 20.3 Å². The van der Waals surface area contributed by atoms with Gasteiger partial charge in [0.05, 0.1) is 5.75 Å². The van der Waals surface area contributed by atoms with Gasteiger partial charge in [-0.3, -0.25) is 4.99 Å². The number of guanidine groups is 1. The first-order valence-electron chi connectivity index (χ1n) is 9.98. The van der Waals surface area contributed by atoms with Crippen molar-refractivity contribution in [2.24, 2.45) is 10.9 Å². The van der Waals surface area contributed by atoms with Gasteiger partial charge in [0, 0.05) is 39.4 Å². The quantitative estimate of drug-likeness (QED) is 0.278. The third-order valence-corrected chi connectivity index (χ3v) is 5.83. The Bertz CT molecular complexity index is 713. The highest BCUT2D eigenvalue weighted by molar-refractivity contribution is 7.88. The Hall–Kier alpha value is -1.64. The molecule has 7 nitrogen and oxygen atoms in total. The molecule has 0 aliphatic heterocycles. The van der Waals surface area contributed by atoms with Gasteiger partial charge in [-0.1, -0.05) is 24.3 Å². The van der Waals surface area contributed by atoms with Gasteiger partial charge >= 0.3 is 0 Å². The van der Waals surface area contributed by atoms with Crippen LogP contribution in [0.5, 0.6) is 0 Å². The largest absolute Gasteiger partial charge is 0.381 e. The van der Waals surface area contributed by atoms with Crippen LogP contribution in [0.25, 0.3) is 0 Å². The minimum absolute atomic E-state index is 0.00900. The number of nitrogens with zero attached hydrogens (tertiary/aromatic N) is 1. The highest BCUT2D eigenvalue weighted by atomic mass is 32.2. The molecular weight excluding hydrogens is 376 g/mol. The van der Waals surface area contributed by atoms with E-state index in [0.717, 1.165) is 49.2 Å². The second-order valence-electron chi connectivity index (χ2n) is 7.57. The van der Waals surface area contributed by atoms with Gasteiger partial charge in [-0.2, -0.15) is 0 Å². The van der Waals surface area contributed by atoms with Crippen LogP contribution in [-0.4, -0.2) is 47.2 Å². The number of benzene rings is 1. The molecule has 2 rings (SSSR count). The van der Waals surface area contributed by atoms with Crippen LogP contribution < -0.4 is 15.4 Å². The van der Waals surface area contributed by atoms with Gasteiger partial charge in [0.15, 0.2) is 5.96 Å². The van der Waals surface area contributed by atoms with E-state index < -0.39 is 10.0 Å². The van der Waals surface area contributed by atoms with Gasteiger partial charge in [-0.15, -0.1) is 0 Å². The van der Waals surface area contributed by atoms with E-state index in [1.54, 1.807) is 7.05 Å². The first-order valence-corrected chi connectivity index (χ1v) is 11.6. The average molecular weight is 411 g/mol. The fourth-order valence-electron chi connectivity index (χ4n) is 2.70. The van der Waals surface area contributed by atoms with Crippen LogP contribution in [0.4, 0.5) is 0 Å². The maximum atomic E-state index is 12.0. The summed E-state index contributed by atoms with van der Waals surface area (Å²) in [5.41, 5.74) is 1.83. The molecule has 0 saturated heterocycles. The zero-order valence-corrected chi connectivity index (χ0v) is 18.0. The molecule has 0 amide bonds. The van der Waals surface area contributed by atoms with Gasteiger partial charge in [0.1, 0.15) is 0 Å². The van der Waals surface area contributed by atoms with E-state index in [1.807, 2.05) is 38.1 Å². The summed E-state index contributed by atoms with van der Waals surface area (Å²) in [7, 11) is -1.56. The van der Waals surface area contributed by atoms with E-state index in [-0.39, 0.29) is 11.8 Å². The summed E-state index contributed by atoms with van der Waals surface area (Å²) in [6.45, 7) is 6.73. The summed E-state index contributed by atoms with van der Waals surface area (Å²) in [4.78, 5) is 4.22. The van der Waals surface area contributed by atoms with Crippen molar-refractivity contribution in [1.29, 1.82) is 0 Å². The molecule has 0 radical (unpaired) electrons. The van der Waals surface area contributed by atoms with Gasteiger partial charge in [0.2, 0.25) is 10.0 Å². The molecule has 1 aromatic carbocycles. The molecular formula is C20H34N4O3S. The van der Waals surface area contributed by atoms with Crippen LogP contribution in [0.1, 0.15) is 44.2 Å². The second-order valence-corrected chi connectivity index (χ2v) is 9.33. The normalized spacial score (nSPS) is 15.1. The van der Waals surface area contributed by atoms with Crippen LogP contribution in [0.3, 0.4) is 0 Å². The fourth-order valence-corrected chi connectivity index (χ4v) is 4.13. The zero-order chi connectivity index (χ0) is 20.4. The van der Waals surface area contributed by atoms with E-state index in [9.17, 15) is 8.42 Å². The van der Waals surface area contributed by atoms with Crippen LogP contribution in [0.15, 0.2) is 29.3 Å². The number of hydrogen-bond donors (Lipinski definition) is 3. The molecule has 1 aliphatic rings. The topological polar surface area (TPSA) is 91.8 Å². The standard InChI is InChI=1S/C20H34N4O3S/c1-16(2)24-28(25,26)15-19-9-5-17(6-10-19)13-23-20(21-3)22-11-4-12-27-14-18-7-8-18/h5-6,9-10,16,18,24H,4,7-8,11-15H2,1-3H3,(H2,21,22,23). The monoisotopic (exact) mass is 410 g/mol. The molecule has 0 aromatic heterocycles. The van der Waals surface area contributed by atoms with E-state index in [4.69, 9.17) is 4.74 Å². The average Bonchev–Trinajstić information content (AvgIpc) is 3.44. The predicted octanol–water partition coefficient (Wildman–Crippen LogP) is 2.00. The first kappa shape index (κ1) is 22.6. The Balaban J connectivity index is 1.67. The molecule has 0 bridgehead atoms. The summed E-state index contributed by atoms with van der Waals surface area (Å²) in [5.74, 6) is 1.54. The maximum Gasteiger partial charge on any atom is 0.216 e.